The van der Waals surface area contributed by atoms with Crippen LogP contribution in [0.2, 0.25) is 0 Å². The zero-order valence-electron chi connectivity index (χ0n) is 7.55. The Hall–Kier alpha value is -0.720. The summed E-state index contributed by atoms with van der Waals surface area (Å²) >= 11 is 0. The molecule has 0 saturated carbocycles. The summed E-state index contributed by atoms with van der Waals surface area (Å²) in [6, 6.07) is 0. The number of hydrogen-bond donors (Lipinski definition) is 0. The molecule has 11 heavy (non-hydrogen) atoms. The Morgan fingerprint density at radius 2 is 2.36 bits per heavy atom. The lowest BCUT2D eigenvalue weighted by Gasteiger charge is -2.16. The first-order valence-corrected chi connectivity index (χ1v) is 4.21. The molecule has 0 N–H and O–H groups in total. The van der Waals surface area contributed by atoms with Gasteiger partial charge in [0.1, 0.15) is 5.76 Å². The standard InChI is InChI=1S/C10H16O/c1-4-9-5-8(2)6-10(7-9)11-3/h6-8H,4-5H2,1-3H3. The van der Waals surface area contributed by atoms with Gasteiger partial charge < -0.3 is 4.74 Å². The molecule has 0 aromatic heterocycles. The van der Waals surface area contributed by atoms with Gasteiger partial charge in [0, 0.05) is 0 Å². The van der Waals surface area contributed by atoms with E-state index < -0.39 is 0 Å². The normalized spacial score (nSPS) is 24.1. The van der Waals surface area contributed by atoms with Crippen LogP contribution in [0.5, 0.6) is 0 Å². The number of allylic oxidation sites excluding steroid dienone is 3. The fourth-order valence-electron chi connectivity index (χ4n) is 1.43. The molecule has 0 amide bonds. The van der Waals surface area contributed by atoms with Gasteiger partial charge >= 0.3 is 0 Å². The van der Waals surface area contributed by atoms with Crippen molar-refractivity contribution < 1.29 is 4.74 Å². The van der Waals surface area contributed by atoms with Gasteiger partial charge in [-0.3, -0.25) is 0 Å². The van der Waals surface area contributed by atoms with Gasteiger partial charge in [-0.05, 0) is 30.9 Å². The predicted octanol–water partition coefficient (Wildman–Crippen LogP) is 2.89. The van der Waals surface area contributed by atoms with Crippen molar-refractivity contribution >= 4 is 0 Å². The van der Waals surface area contributed by atoms with Crippen molar-refractivity contribution in [3.8, 4) is 0 Å². The summed E-state index contributed by atoms with van der Waals surface area (Å²) in [7, 11) is 1.73. The quantitative estimate of drug-likeness (QED) is 0.591. The molecule has 0 spiro atoms. The predicted molar refractivity (Wildman–Crippen MR) is 47.2 cm³/mol. The van der Waals surface area contributed by atoms with Crippen LogP contribution in [0.3, 0.4) is 0 Å². The highest BCUT2D eigenvalue weighted by atomic mass is 16.5. The maximum atomic E-state index is 5.18. The van der Waals surface area contributed by atoms with Crippen LogP contribution in [-0.4, -0.2) is 7.11 Å². The van der Waals surface area contributed by atoms with E-state index in [1.807, 2.05) is 0 Å². The lowest BCUT2D eigenvalue weighted by Crippen LogP contribution is -2.01. The van der Waals surface area contributed by atoms with E-state index in [2.05, 4.69) is 26.0 Å². The lowest BCUT2D eigenvalue weighted by atomic mass is 9.94. The van der Waals surface area contributed by atoms with Gasteiger partial charge in [0.2, 0.25) is 0 Å². The smallest absolute Gasteiger partial charge is 0.115 e. The van der Waals surface area contributed by atoms with E-state index in [0.29, 0.717) is 5.92 Å². The Morgan fingerprint density at radius 1 is 1.64 bits per heavy atom. The van der Waals surface area contributed by atoms with Crippen LogP contribution in [0.15, 0.2) is 23.5 Å². The summed E-state index contributed by atoms with van der Waals surface area (Å²) in [5.41, 5.74) is 1.50. The molecular formula is C10H16O. The third-order valence-electron chi connectivity index (χ3n) is 2.07. The Kier molecular flexibility index (Phi) is 2.75. The van der Waals surface area contributed by atoms with Crippen molar-refractivity contribution in [2.75, 3.05) is 7.11 Å². The molecule has 1 heteroatoms. The number of ether oxygens (including phenoxy) is 1. The summed E-state index contributed by atoms with van der Waals surface area (Å²) < 4.78 is 5.18. The molecule has 1 nitrogen and oxygen atoms in total. The molecule has 0 radical (unpaired) electrons. The van der Waals surface area contributed by atoms with Crippen molar-refractivity contribution in [2.45, 2.75) is 26.7 Å². The number of rotatable bonds is 2. The van der Waals surface area contributed by atoms with E-state index in [1.54, 1.807) is 7.11 Å². The van der Waals surface area contributed by atoms with Crippen LogP contribution in [0, 0.1) is 5.92 Å². The summed E-state index contributed by atoms with van der Waals surface area (Å²) in [5.74, 6) is 1.67. The van der Waals surface area contributed by atoms with Crippen LogP contribution >= 0.6 is 0 Å². The van der Waals surface area contributed by atoms with Crippen LogP contribution in [-0.2, 0) is 4.74 Å². The Balaban J connectivity index is 2.71. The van der Waals surface area contributed by atoms with Gasteiger partial charge in [-0.1, -0.05) is 19.4 Å². The first kappa shape index (κ1) is 8.38. The monoisotopic (exact) mass is 152 g/mol. The zero-order valence-corrected chi connectivity index (χ0v) is 7.55. The maximum absolute atomic E-state index is 5.18. The van der Waals surface area contributed by atoms with E-state index in [-0.39, 0.29) is 0 Å². The van der Waals surface area contributed by atoms with Crippen LogP contribution in [0.1, 0.15) is 26.7 Å². The van der Waals surface area contributed by atoms with E-state index in [4.69, 9.17) is 4.74 Å². The Morgan fingerprint density at radius 3 is 2.91 bits per heavy atom. The number of hydrogen-bond acceptors (Lipinski definition) is 1. The highest BCUT2D eigenvalue weighted by molar-refractivity contribution is 5.24. The molecule has 0 saturated heterocycles. The fraction of sp³-hybridized carbons (Fsp3) is 0.600. The SMILES string of the molecule is CCC1=CC(OC)=CC(C)C1. The number of methoxy groups -OCH3 is 1. The van der Waals surface area contributed by atoms with Crippen molar-refractivity contribution in [3.63, 3.8) is 0 Å². The minimum Gasteiger partial charge on any atom is -0.497 e. The third kappa shape index (κ3) is 2.11. The van der Waals surface area contributed by atoms with Gasteiger partial charge in [-0.2, -0.15) is 0 Å². The van der Waals surface area contributed by atoms with E-state index in [1.165, 1.54) is 12.0 Å². The second-order valence-corrected chi connectivity index (χ2v) is 3.11. The van der Waals surface area contributed by atoms with Gasteiger partial charge in [-0.25, -0.2) is 0 Å². The first-order valence-electron chi connectivity index (χ1n) is 4.21. The topological polar surface area (TPSA) is 9.23 Å². The molecule has 1 unspecified atom stereocenters. The Labute approximate surface area is 68.8 Å². The highest BCUT2D eigenvalue weighted by Gasteiger charge is 2.09. The molecule has 0 fully saturated rings. The zero-order chi connectivity index (χ0) is 8.27. The van der Waals surface area contributed by atoms with E-state index in [9.17, 15) is 0 Å². The minimum atomic E-state index is 0.643. The molecule has 0 aromatic carbocycles. The second-order valence-electron chi connectivity index (χ2n) is 3.11. The molecular weight excluding hydrogens is 136 g/mol. The average Bonchev–Trinajstić information content (AvgIpc) is 2.03. The third-order valence-corrected chi connectivity index (χ3v) is 2.07. The largest absolute Gasteiger partial charge is 0.497 e. The van der Waals surface area contributed by atoms with Crippen LogP contribution in [0.25, 0.3) is 0 Å². The maximum Gasteiger partial charge on any atom is 0.115 e. The van der Waals surface area contributed by atoms with Crippen molar-refractivity contribution in [1.29, 1.82) is 0 Å². The van der Waals surface area contributed by atoms with Crippen molar-refractivity contribution in [1.82, 2.24) is 0 Å². The average molecular weight is 152 g/mol. The van der Waals surface area contributed by atoms with Gasteiger partial charge in [0.05, 0.1) is 7.11 Å². The summed E-state index contributed by atoms with van der Waals surface area (Å²) in [4.78, 5) is 0. The molecule has 0 heterocycles. The summed E-state index contributed by atoms with van der Waals surface area (Å²) in [6.07, 6.45) is 6.67. The molecule has 0 aliphatic heterocycles. The van der Waals surface area contributed by atoms with Gasteiger partial charge in [-0.15, -0.1) is 0 Å². The van der Waals surface area contributed by atoms with Crippen molar-refractivity contribution in [3.05, 3.63) is 23.5 Å². The molecule has 1 aliphatic rings. The van der Waals surface area contributed by atoms with E-state index in [0.717, 1.165) is 12.2 Å². The molecule has 0 aromatic rings. The summed E-state index contributed by atoms with van der Waals surface area (Å²) in [6.45, 7) is 4.42. The first-order chi connectivity index (χ1) is 5.26. The van der Waals surface area contributed by atoms with Crippen LogP contribution in [0.4, 0.5) is 0 Å². The summed E-state index contributed by atoms with van der Waals surface area (Å²) in [5, 5.41) is 0. The highest BCUT2D eigenvalue weighted by Crippen LogP contribution is 2.24. The molecule has 1 atom stereocenters. The van der Waals surface area contributed by atoms with E-state index >= 15 is 0 Å². The van der Waals surface area contributed by atoms with Crippen LogP contribution < -0.4 is 0 Å². The van der Waals surface area contributed by atoms with Crippen molar-refractivity contribution in [2.24, 2.45) is 5.92 Å². The Bertz CT molecular complexity index is 189. The molecule has 62 valence electrons. The minimum absolute atomic E-state index is 0.643. The lowest BCUT2D eigenvalue weighted by molar-refractivity contribution is 0.299. The van der Waals surface area contributed by atoms with Gasteiger partial charge in [0.25, 0.3) is 0 Å². The fourth-order valence-corrected chi connectivity index (χ4v) is 1.43. The van der Waals surface area contributed by atoms with Gasteiger partial charge in [0.15, 0.2) is 0 Å². The molecule has 0 bridgehead atoms. The molecule has 1 rings (SSSR count). The molecule has 1 aliphatic carbocycles. The second kappa shape index (κ2) is 3.61.